The smallest absolute Gasteiger partial charge is 0.416 e. The third kappa shape index (κ3) is 5.41. The molecule has 0 radical (unpaired) electrons. The van der Waals surface area contributed by atoms with Crippen molar-refractivity contribution in [1.82, 2.24) is 19.9 Å². The lowest BCUT2D eigenvalue weighted by Gasteiger charge is -2.27. The van der Waals surface area contributed by atoms with E-state index in [1.54, 1.807) is 31.4 Å². The van der Waals surface area contributed by atoms with Gasteiger partial charge in [-0.3, -0.25) is 0 Å². The van der Waals surface area contributed by atoms with E-state index in [0.717, 1.165) is 24.8 Å². The van der Waals surface area contributed by atoms with E-state index in [2.05, 4.69) is 20.3 Å². The standard InChI is InChI=1S/C23H26F3N5O3/c1-22(2,3)34-21(32)27-12-16-5-4-15(10-18(16)23(24,25)26)20-19-11-17(13-31(19)29-14-28-20)30-6-8-33-9-7-30/h4-5,10-11,13-14H,6-9,12H2,1-3H3,(H,27,32). The number of anilines is 1. The first kappa shape index (κ1) is 23.8. The molecule has 3 aromatic rings. The largest absolute Gasteiger partial charge is 0.444 e. The monoisotopic (exact) mass is 477 g/mol. The maximum atomic E-state index is 13.9. The van der Waals surface area contributed by atoms with E-state index in [0.29, 0.717) is 30.0 Å². The lowest BCUT2D eigenvalue weighted by Crippen LogP contribution is -2.35. The van der Waals surface area contributed by atoms with Crippen molar-refractivity contribution < 1.29 is 27.4 Å². The Morgan fingerprint density at radius 3 is 2.59 bits per heavy atom. The Bertz CT molecular complexity index is 1180. The molecule has 0 spiro atoms. The van der Waals surface area contributed by atoms with Crippen molar-refractivity contribution >= 4 is 17.3 Å². The summed E-state index contributed by atoms with van der Waals surface area (Å²) in [7, 11) is 0. The number of nitrogens with zero attached hydrogens (tertiary/aromatic N) is 4. The maximum Gasteiger partial charge on any atom is 0.416 e. The van der Waals surface area contributed by atoms with Gasteiger partial charge in [0.2, 0.25) is 0 Å². The van der Waals surface area contributed by atoms with E-state index in [9.17, 15) is 18.0 Å². The number of alkyl carbamates (subject to hydrolysis) is 1. The molecule has 1 saturated heterocycles. The van der Waals surface area contributed by atoms with E-state index >= 15 is 0 Å². The number of fused-ring (bicyclic) bond motifs is 1. The van der Waals surface area contributed by atoms with Crippen LogP contribution in [0, 0.1) is 0 Å². The molecule has 34 heavy (non-hydrogen) atoms. The number of alkyl halides is 3. The molecule has 0 bridgehead atoms. The molecule has 0 saturated carbocycles. The van der Waals surface area contributed by atoms with Gasteiger partial charge in [0.05, 0.1) is 41.9 Å². The first-order chi connectivity index (χ1) is 16.0. The molecule has 0 aliphatic carbocycles. The normalized spacial score (nSPS) is 14.9. The zero-order valence-electron chi connectivity index (χ0n) is 19.1. The second-order valence-corrected chi connectivity index (χ2v) is 8.96. The molecular weight excluding hydrogens is 451 g/mol. The van der Waals surface area contributed by atoms with Gasteiger partial charge in [-0.15, -0.1) is 0 Å². The number of amides is 1. The molecule has 1 fully saturated rings. The highest BCUT2D eigenvalue weighted by Crippen LogP contribution is 2.36. The summed E-state index contributed by atoms with van der Waals surface area (Å²) < 4.78 is 53.8. The molecule has 182 valence electrons. The quantitative estimate of drug-likeness (QED) is 0.604. The Balaban J connectivity index is 1.65. The van der Waals surface area contributed by atoms with Gasteiger partial charge in [0.1, 0.15) is 11.9 Å². The van der Waals surface area contributed by atoms with Crippen LogP contribution in [-0.4, -0.2) is 52.6 Å². The lowest BCUT2D eigenvalue weighted by molar-refractivity contribution is -0.138. The lowest BCUT2D eigenvalue weighted by atomic mass is 10.0. The van der Waals surface area contributed by atoms with Crippen molar-refractivity contribution in [3.63, 3.8) is 0 Å². The number of halogens is 3. The van der Waals surface area contributed by atoms with Crippen molar-refractivity contribution in [2.45, 2.75) is 39.1 Å². The van der Waals surface area contributed by atoms with Gasteiger partial charge >= 0.3 is 12.3 Å². The highest BCUT2D eigenvalue weighted by Gasteiger charge is 2.34. The summed E-state index contributed by atoms with van der Waals surface area (Å²) in [5.41, 5.74) is 0.501. The molecule has 1 aliphatic heterocycles. The first-order valence-electron chi connectivity index (χ1n) is 10.8. The molecule has 1 amide bonds. The maximum absolute atomic E-state index is 13.9. The van der Waals surface area contributed by atoms with Crippen LogP contribution in [0.5, 0.6) is 0 Å². The van der Waals surface area contributed by atoms with Gasteiger partial charge < -0.3 is 19.7 Å². The second-order valence-electron chi connectivity index (χ2n) is 8.96. The number of hydrogen-bond donors (Lipinski definition) is 1. The number of hydrogen-bond acceptors (Lipinski definition) is 6. The topological polar surface area (TPSA) is 81.0 Å². The van der Waals surface area contributed by atoms with Gasteiger partial charge in [-0.1, -0.05) is 12.1 Å². The van der Waals surface area contributed by atoms with Crippen LogP contribution in [0.4, 0.5) is 23.7 Å². The SMILES string of the molecule is CC(C)(C)OC(=O)NCc1ccc(-c2ncnn3cc(N4CCOCC4)cc23)cc1C(F)(F)F. The molecular formula is C23H26F3N5O3. The van der Waals surface area contributed by atoms with Gasteiger partial charge in [0.15, 0.2) is 0 Å². The molecule has 8 nitrogen and oxygen atoms in total. The number of rotatable bonds is 4. The fraction of sp³-hybridized carbons (Fsp3) is 0.435. The summed E-state index contributed by atoms with van der Waals surface area (Å²) in [5, 5.41) is 6.60. The van der Waals surface area contributed by atoms with Gasteiger partial charge in [0, 0.05) is 25.2 Å². The third-order valence-corrected chi connectivity index (χ3v) is 5.28. The molecule has 2 aromatic heterocycles. The van der Waals surface area contributed by atoms with E-state index in [4.69, 9.17) is 9.47 Å². The number of morpholine rings is 1. The molecule has 4 rings (SSSR count). The molecule has 1 aromatic carbocycles. The summed E-state index contributed by atoms with van der Waals surface area (Å²) in [6.45, 7) is 7.37. The average Bonchev–Trinajstić information content (AvgIpc) is 3.21. The van der Waals surface area contributed by atoms with Gasteiger partial charge in [0.25, 0.3) is 0 Å². The van der Waals surface area contributed by atoms with Gasteiger partial charge in [-0.05, 0) is 38.5 Å². The minimum Gasteiger partial charge on any atom is -0.444 e. The first-order valence-corrected chi connectivity index (χ1v) is 10.8. The van der Waals surface area contributed by atoms with E-state index in [1.165, 1.54) is 12.4 Å². The van der Waals surface area contributed by atoms with Crippen LogP contribution in [0.15, 0.2) is 36.8 Å². The van der Waals surface area contributed by atoms with Gasteiger partial charge in [-0.2, -0.15) is 18.3 Å². The van der Waals surface area contributed by atoms with Crippen LogP contribution < -0.4 is 10.2 Å². The Hall–Kier alpha value is -3.34. The molecule has 1 aliphatic rings. The Labute approximate surface area is 194 Å². The summed E-state index contributed by atoms with van der Waals surface area (Å²) >= 11 is 0. The third-order valence-electron chi connectivity index (χ3n) is 5.28. The predicted molar refractivity (Wildman–Crippen MR) is 120 cm³/mol. The second kappa shape index (κ2) is 9.13. The minimum absolute atomic E-state index is 0.0726. The van der Waals surface area contributed by atoms with Crippen LogP contribution in [0.1, 0.15) is 31.9 Å². The summed E-state index contributed by atoms with van der Waals surface area (Å²) in [6, 6.07) is 5.83. The molecule has 3 heterocycles. The number of benzene rings is 1. The summed E-state index contributed by atoms with van der Waals surface area (Å²) in [5.74, 6) is 0. The number of ether oxygens (including phenoxy) is 2. The van der Waals surface area contributed by atoms with Crippen LogP contribution >= 0.6 is 0 Å². The van der Waals surface area contributed by atoms with Crippen LogP contribution in [-0.2, 0) is 22.2 Å². The van der Waals surface area contributed by atoms with Gasteiger partial charge in [-0.25, -0.2) is 14.3 Å². The molecule has 0 atom stereocenters. The number of carbonyl (C=O) groups is 1. The van der Waals surface area contributed by atoms with E-state index in [1.807, 2.05) is 12.3 Å². The number of nitrogens with one attached hydrogen (secondary N) is 1. The highest BCUT2D eigenvalue weighted by molar-refractivity contribution is 5.80. The van der Waals surface area contributed by atoms with Crippen molar-refractivity contribution in [2.75, 3.05) is 31.2 Å². The molecule has 11 heteroatoms. The van der Waals surface area contributed by atoms with Crippen LogP contribution in [0.25, 0.3) is 16.8 Å². The molecule has 1 N–H and O–H groups in total. The van der Waals surface area contributed by atoms with Crippen molar-refractivity contribution in [1.29, 1.82) is 0 Å². The Morgan fingerprint density at radius 2 is 1.91 bits per heavy atom. The fourth-order valence-electron chi connectivity index (χ4n) is 3.76. The average molecular weight is 477 g/mol. The zero-order chi connectivity index (χ0) is 24.5. The predicted octanol–water partition coefficient (Wildman–Crippen LogP) is 4.28. The zero-order valence-corrected chi connectivity index (χ0v) is 19.1. The fourth-order valence-corrected chi connectivity index (χ4v) is 3.76. The van der Waals surface area contributed by atoms with Crippen molar-refractivity contribution in [2.24, 2.45) is 0 Å². The minimum atomic E-state index is -4.62. The molecule has 0 unspecified atom stereocenters. The van der Waals surface area contributed by atoms with Crippen LogP contribution in [0.2, 0.25) is 0 Å². The summed E-state index contributed by atoms with van der Waals surface area (Å²) in [4.78, 5) is 18.3. The number of aromatic nitrogens is 3. The number of carbonyl (C=O) groups excluding carboxylic acids is 1. The Morgan fingerprint density at radius 1 is 1.18 bits per heavy atom. The van der Waals surface area contributed by atoms with Crippen molar-refractivity contribution in [3.8, 4) is 11.3 Å². The Kier molecular flexibility index (Phi) is 6.39. The highest BCUT2D eigenvalue weighted by atomic mass is 19.4. The summed E-state index contributed by atoms with van der Waals surface area (Å²) in [6.07, 6.45) is -2.26. The van der Waals surface area contributed by atoms with Crippen LogP contribution in [0.3, 0.4) is 0 Å². The van der Waals surface area contributed by atoms with Crippen molar-refractivity contribution in [3.05, 3.63) is 47.9 Å². The van der Waals surface area contributed by atoms with E-state index < -0.39 is 23.4 Å². The van der Waals surface area contributed by atoms with E-state index in [-0.39, 0.29) is 12.1 Å².